The average molecular weight is 351 g/mol. The molecule has 1 heterocycles. The summed E-state index contributed by atoms with van der Waals surface area (Å²) in [6.45, 7) is 0.758. The molecule has 0 saturated heterocycles. The highest BCUT2D eigenvalue weighted by molar-refractivity contribution is 9.10. The van der Waals surface area contributed by atoms with E-state index in [2.05, 4.69) is 15.9 Å². The molecule has 1 aliphatic heterocycles. The highest BCUT2D eigenvalue weighted by Gasteiger charge is 2.22. The van der Waals surface area contributed by atoms with Gasteiger partial charge in [-0.2, -0.15) is 0 Å². The van der Waals surface area contributed by atoms with Crippen molar-refractivity contribution in [3.63, 3.8) is 0 Å². The lowest BCUT2D eigenvalue weighted by atomic mass is 10.1. The van der Waals surface area contributed by atoms with Crippen LogP contribution in [0.4, 0.5) is 0 Å². The van der Waals surface area contributed by atoms with Gasteiger partial charge in [-0.05, 0) is 45.8 Å². The third-order valence-electron chi connectivity index (χ3n) is 3.36. The standard InChI is InChI=1S/C16H15BrO4/c1-19-15-5-2-10(6-13(15)17)8-20-11-3-4-12-14(18)9-21-16(12)7-11/h2-7,14,18H,8-9H2,1H3. The molecule has 1 N–H and O–H groups in total. The van der Waals surface area contributed by atoms with E-state index in [9.17, 15) is 5.11 Å². The smallest absolute Gasteiger partial charge is 0.133 e. The second-order valence-electron chi connectivity index (χ2n) is 4.78. The molecule has 4 nitrogen and oxygen atoms in total. The minimum absolute atomic E-state index is 0.310. The molecule has 0 aliphatic carbocycles. The molecule has 1 unspecified atom stereocenters. The van der Waals surface area contributed by atoms with E-state index in [1.54, 1.807) is 7.11 Å². The number of fused-ring (bicyclic) bond motifs is 1. The SMILES string of the molecule is COc1ccc(COc2ccc3c(c2)OCC3O)cc1Br. The zero-order chi connectivity index (χ0) is 14.8. The normalized spacial score (nSPS) is 16.2. The highest BCUT2D eigenvalue weighted by Crippen LogP contribution is 2.35. The zero-order valence-electron chi connectivity index (χ0n) is 11.5. The first-order chi connectivity index (χ1) is 10.2. The van der Waals surface area contributed by atoms with E-state index in [4.69, 9.17) is 14.2 Å². The van der Waals surface area contributed by atoms with Gasteiger partial charge in [0, 0.05) is 11.6 Å². The van der Waals surface area contributed by atoms with Crippen molar-refractivity contribution in [3.8, 4) is 17.2 Å². The number of benzene rings is 2. The first-order valence-electron chi connectivity index (χ1n) is 6.57. The van der Waals surface area contributed by atoms with Crippen LogP contribution in [0.15, 0.2) is 40.9 Å². The molecule has 0 saturated carbocycles. The van der Waals surface area contributed by atoms with Gasteiger partial charge in [-0.3, -0.25) is 0 Å². The molecule has 0 bridgehead atoms. The lowest BCUT2D eigenvalue weighted by molar-refractivity contribution is 0.140. The Morgan fingerprint density at radius 3 is 2.90 bits per heavy atom. The second kappa shape index (κ2) is 5.95. The lowest BCUT2D eigenvalue weighted by Gasteiger charge is -2.09. The Morgan fingerprint density at radius 2 is 2.14 bits per heavy atom. The molecular formula is C16H15BrO4. The van der Waals surface area contributed by atoms with E-state index in [0.717, 1.165) is 27.1 Å². The van der Waals surface area contributed by atoms with Crippen LogP contribution in [0.2, 0.25) is 0 Å². The largest absolute Gasteiger partial charge is 0.496 e. The Labute approximate surface area is 131 Å². The van der Waals surface area contributed by atoms with Gasteiger partial charge >= 0.3 is 0 Å². The van der Waals surface area contributed by atoms with Crippen molar-refractivity contribution in [1.82, 2.24) is 0 Å². The van der Waals surface area contributed by atoms with Gasteiger partial charge in [-0.1, -0.05) is 6.07 Å². The van der Waals surface area contributed by atoms with Gasteiger partial charge in [-0.25, -0.2) is 0 Å². The van der Waals surface area contributed by atoms with Crippen LogP contribution in [0.5, 0.6) is 17.2 Å². The van der Waals surface area contributed by atoms with E-state index in [0.29, 0.717) is 19.0 Å². The molecule has 0 fully saturated rings. The fourth-order valence-corrected chi connectivity index (χ4v) is 2.82. The summed E-state index contributed by atoms with van der Waals surface area (Å²) in [5.74, 6) is 2.20. The first-order valence-corrected chi connectivity index (χ1v) is 7.36. The number of rotatable bonds is 4. The topological polar surface area (TPSA) is 47.9 Å². The molecule has 21 heavy (non-hydrogen) atoms. The molecule has 3 rings (SSSR count). The monoisotopic (exact) mass is 350 g/mol. The Morgan fingerprint density at radius 1 is 1.29 bits per heavy atom. The maximum atomic E-state index is 9.68. The summed E-state index contributed by atoms with van der Waals surface area (Å²) < 4.78 is 17.2. The van der Waals surface area contributed by atoms with Crippen LogP contribution in [-0.4, -0.2) is 18.8 Å². The summed E-state index contributed by atoms with van der Waals surface area (Å²) in [5.41, 5.74) is 1.85. The third-order valence-corrected chi connectivity index (χ3v) is 3.98. The second-order valence-corrected chi connectivity index (χ2v) is 5.64. The van der Waals surface area contributed by atoms with Crippen molar-refractivity contribution in [2.45, 2.75) is 12.7 Å². The maximum absolute atomic E-state index is 9.68. The van der Waals surface area contributed by atoms with Gasteiger partial charge in [-0.15, -0.1) is 0 Å². The molecule has 0 radical (unpaired) electrons. The van der Waals surface area contributed by atoms with Crippen LogP contribution in [0.25, 0.3) is 0 Å². The summed E-state index contributed by atoms with van der Waals surface area (Å²) >= 11 is 3.45. The van der Waals surface area contributed by atoms with Gasteiger partial charge in [0.15, 0.2) is 0 Å². The van der Waals surface area contributed by atoms with Crippen molar-refractivity contribution in [2.24, 2.45) is 0 Å². The third kappa shape index (κ3) is 2.99. The van der Waals surface area contributed by atoms with Gasteiger partial charge in [0.2, 0.25) is 0 Å². The van der Waals surface area contributed by atoms with E-state index in [1.165, 1.54) is 0 Å². The van der Waals surface area contributed by atoms with Crippen molar-refractivity contribution < 1.29 is 19.3 Å². The number of hydrogen-bond acceptors (Lipinski definition) is 4. The van der Waals surface area contributed by atoms with Crippen molar-refractivity contribution >= 4 is 15.9 Å². The molecule has 0 amide bonds. The Bertz CT molecular complexity index is 657. The van der Waals surface area contributed by atoms with Crippen LogP contribution in [0.3, 0.4) is 0 Å². The van der Waals surface area contributed by atoms with E-state index in [-0.39, 0.29) is 0 Å². The number of aliphatic hydroxyl groups excluding tert-OH is 1. The van der Waals surface area contributed by atoms with E-state index < -0.39 is 6.10 Å². The van der Waals surface area contributed by atoms with Crippen LogP contribution in [0.1, 0.15) is 17.2 Å². The van der Waals surface area contributed by atoms with Gasteiger partial charge in [0.25, 0.3) is 0 Å². The number of ether oxygens (including phenoxy) is 3. The summed E-state index contributed by atoms with van der Waals surface area (Å²) in [5, 5.41) is 9.68. The van der Waals surface area contributed by atoms with Crippen LogP contribution < -0.4 is 14.2 Å². The van der Waals surface area contributed by atoms with Crippen LogP contribution in [-0.2, 0) is 6.61 Å². The Kier molecular flexibility index (Phi) is 4.03. The van der Waals surface area contributed by atoms with Crippen LogP contribution >= 0.6 is 15.9 Å². The number of aliphatic hydroxyl groups is 1. The van der Waals surface area contributed by atoms with Crippen molar-refractivity contribution in [2.75, 3.05) is 13.7 Å². The quantitative estimate of drug-likeness (QED) is 0.917. The average Bonchev–Trinajstić information content (AvgIpc) is 2.86. The van der Waals surface area contributed by atoms with Crippen LogP contribution in [0, 0.1) is 0 Å². The van der Waals surface area contributed by atoms with Crippen molar-refractivity contribution in [1.29, 1.82) is 0 Å². The minimum Gasteiger partial charge on any atom is -0.496 e. The fourth-order valence-electron chi connectivity index (χ4n) is 2.23. The van der Waals surface area contributed by atoms with Gasteiger partial charge in [0.1, 0.15) is 36.6 Å². The summed E-state index contributed by atoms with van der Waals surface area (Å²) in [4.78, 5) is 0. The lowest BCUT2D eigenvalue weighted by Crippen LogP contribution is -1.97. The van der Waals surface area contributed by atoms with Crippen molar-refractivity contribution in [3.05, 3.63) is 52.0 Å². The molecule has 110 valence electrons. The fraction of sp³-hybridized carbons (Fsp3) is 0.250. The molecule has 1 atom stereocenters. The summed E-state index contributed by atoms with van der Waals surface area (Å²) in [7, 11) is 1.63. The highest BCUT2D eigenvalue weighted by atomic mass is 79.9. The predicted octanol–water partition coefficient (Wildman–Crippen LogP) is 3.46. The first kappa shape index (κ1) is 14.2. The Hall–Kier alpha value is -1.72. The summed E-state index contributed by atoms with van der Waals surface area (Å²) in [6, 6.07) is 11.3. The minimum atomic E-state index is -0.536. The number of hydrogen-bond donors (Lipinski definition) is 1. The molecule has 1 aliphatic rings. The summed E-state index contributed by atoms with van der Waals surface area (Å²) in [6.07, 6.45) is -0.536. The predicted molar refractivity (Wildman–Crippen MR) is 81.9 cm³/mol. The molecule has 5 heteroatoms. The number of methoxy groups -OCH3 is 1. The van der Waals surface area contributed by atoms with E-state index >= 15 is 0 Å². The molecule has 0 spiro atoms. The maximum Gasteiger partial charge on any atom is 0.133 e. The molecule has 0 aromatic heterocycles. The van der Waals surface area contributed by atoms with E-state index in [1.807, 2.05) is 36.4 Å². The molecule has 2 aromatic rings. The Balaban J connectivity index is 1.69. The number of halogens is 1. The van der Waals surface area contributed by atoms with Gasteiger partial charge < -0.3 is 19.3 Å². The zero-order valence-corrected chi connectivity index (χ0v) is 13.1. The molecule has 2 aromatic carbocycles. The molecular weight excluding hydrogens is 336 g/mol. The van der Waals surface area contributed by atoms with Gasteiger partial charge in [0.05, 0.1) is 11.6 Å².